The number of hydrogen-bond donors (Lipinski definition) is 1. The van der Waals surface area contributed by atoms with E-state index >= 15 is 0 Å². The molecule has 1 atom stereocenters. The number of nitrogens with zero attached hydrogens (tertiary/aromatic N) is 2. The first kappa shape index (κ1) is 18.7. The van der Waals surface area contributed by atoms with Gasteiger partial charge in [-0.3, -0.25) is 23.9 Å². The number of nitrogens with one attached hydrogen (secondary N) is 1. The van der Waals surface area contributed by atoms with Crippen LogP contribution in [0.5, 0.6) is 0 Å². The molecular formula is C20H16BrN3O3. The van der Waals surface area contributed by atoms with Crippen LogP contribution in [-0.2, 0) is 11.3 Å². The standard InChI is InChI=1S/C20H16BrN3O3/c21-16-8-6-15(7-9-16)19(26)18(24-11-2-1-5-17(24)25)20(27)23-13-14-4-3-10-22-12-14/h1-12,18H,13H2,(H,23,27). The van der Waals surface area contributed by atoms with Crippen molar-refractivity contribution in [1.82, 2.24) is 14.9 Å². The van der Waals surface area contributed by atoms with Gasteiger partial charge >= 0.3 is 0 Å². The maximum absolute atomic E-state index is 13.0. The third-order valence-corrected chi connectivity index (χ3v) is 4.47. The number of amides is 1. The van der Waals surface area contributed by atoms with Crippen LogP contribution in [-0.4, -0.2) is 21.2 Å². The number of benzene rings is 1. The lowest BCUT2D eigenvalue weighted by Crippen LogP contribution is -2.41. The summed E-state index contributed by atoms with van der Waals surface area (Å²) in [4.78, 5) is 42.1. The van der Waals surface area contributed by atoms with Crippen LogP contribution < -0.4 is 10.9 Å². The van der Waals surface area contributed by atoms with Crippen LogP contribution in [0.4, 0.5) is 0 Å². The van der Waals surface area contributed by atoms with Gasteiger partial charge in [-0.1, -0.05) is 40.2 Å². The molecule has 3 aromatic rings. The Morgan fingerprint density at radius 3 is 2.52 bits per heavy atom. The molecule has 1 aromatic carbocycles. The first-order chi connectivity index (χ1) is 13.1. The molecule has 0 bridgehead atoms. The van der Waals surface area contributed by atoms with E-state index in [1.807, 2.05) is 6.07 Å². The third-order valence-electron chi connectivity index (χ3n) is 3.94. The second-order valence-corrected chi connectivity index (χ2v) is 6.71. The molecule has 0 aliphatic carbocycles. The molecule has 3 rings (SSSR count). The molecule has 0 fully saturated rings. The van der Waals surface area contributed by atoms with Gasteiger partial charge < -0.3 is 5.32 Å². The highest BCUT2D eigenvalue weighted by Gasteiger charge is 2.29. The van der Waals surface area contributed by atoms with Gasteiger partial charge in [-0.15, -0.1) is 0 Å². The normalized spacial score (nSPS) is 11.6. The van der Waals surface area contributed by atoms with E-state index in [0.29, 0.717) is 5.56 Å². The van der Waals surface area contributed by atoms with Gasteiger partial charge in [-0.05, 0) is 29.8 Å². The number of carbonyl (C=O) groups is 2. The van der Waals surface area contributed by atoms with Gasteiger partial charge in [0.1, 0.15) is 0 Å². The van der Waals surface area contributed by atoms with Gasteiger partial charge in [0.2, 0.25) is 0 Å². The van der Waals surface area contributed by atoms with Crippen LogP contribution in [0.2, 0.25) is 0 Å². The van der Waals surface area contributed by atoms with E-state index in [4.69, 9.17) is 0 Å². The van der Waals surface area contributed by atoms with Crippen molar-refractivity contribution < 1.29 is 9.59 Å². The van der Waals surface area contributed by atoms with E-state index in [0.717, 1.165) is 14.6 Å². The Balaban J connectivity index is 1.91. The van der Waals surface area contributed by atoms with E-state index in [1.54, 1.807) is 54.9 Å². The fourth-order valence-corrected chi connectivity index (χ4v) is 2.85. The molecule has 136 valence electrons. The Hall–Kier alpha value is -3.06. The highest BCUT2D eigenvalue weighted by atomic mass is 79.9. The Morgan fingerprint density at radius 2 is 1.85 bits per heavy atom. The molecule has 1 amide bonds. The molecule has 27 heavy (non-hydrogen) atoms. The molecule has 7 heteroatoms. The Bertz CT molecular complexity index is 1000. The van der Waals surface area contributed by atoms with Crippen molar-refractivity contribution in [2.24, 2.45) is 0 Å². The summed E-state index contributed by atoms with van der Waals surface area (Å²) in [5.41, 5.74) is 0.709. The molecule has 0 aliphatic heterocycles. The molecule has 1 N–H and O–H groups in total. The summed E-state index contributed by atoms with van der Waals surface area (Å²) in [6.07, 6.45) is 4.70. The summed E-state index contributed by atoms with van der Waals surface area (Å²) in [7, 11) is 0. The Labute approximate surface area is 164 Å². The van der Waals surface area contributed by atoms with E-state index < -0.39 is 23.3 Å². The van der Waals surface area contributed by atoms with Gasteiger partial charge in [-0.2, -0.15) is 0 Å². The molecule has 2 heterocycles. The zero-order valence-corrected chi connectivity index (χ0v) is 15.8. The maximum atomic E-state index is 13.0. The number of hydrogen-bond acceptors (Lipinski definition) is 4. The number of pyridine rings is 2. The predicted octanol–water partition coefficient (Wildman–Crippen LogP) is 2.75. The van der Waals surface area contributed by atoms with E-state index in [1.165, 1.54) is 12.3 Å². The monoisotopic (exact) mass is 425 g/mol. The second-order valence-electron chi connectivity index (χ2n) is 5.80. The largest absolute Gasteiger partial charge is 0.350 e. The Kier molecular flexibility index (Phi) is 5.93. The van der Waals surface area contributed by atoms with Crippen molar-refractivity contribution >= 4 is 27.6 Å². The number of carbonyl (C=O) groups excluding carboxylic acids is 2. The smallest absolute Gasteiger partial charge is 0.251 e. The average molecular weight is 426 g/mol. The topological polar surface area (TPSA) is 81.1 Å². The lowest BCUT2D eigenvalue weighted by molar-refractivity contribution is -0.123. The summed E-state index contributed by atoms with van der Waals surface area (Å²) >= 11 is 3.32. The zero-order valence-electron chi connectivity index (χ0n) is 14.2. The van der Waals surface area contributed by atoms with Crippen LogP contribution in [0.25, 0.3) is 0 Å². The highest BCUT2D eigenvalue weighted by molar-refractivity contribution is 9.10. The molecule has 2 aromatic heterocycles. The molecule has 0 aliphatic rings. The molecule has 0 spiro atoms. The average Bonchev–Trinajstić information content (AvgIpc) is 2.69. The number of rotatable bonds is 6. The number of aromatic nitrogens is 2. The summed E-state index contributed by atoms with van der Waals surface area (Å²) in [5.74, 6) is -1.01. The summed E-state index contributed by atoms with van der Waals surface area (Å²) < 4.78 is 1.96. The molecule has 0 radical (unpaired) electrons. The van der Waals surface area contributed by atoms with Crippen LogP contribution >= 0.6 is 15.9 Å². The zero-order chi connectivity index (χ0) is 19.2. The number of halogens is 1. The minimum atomic E-state index is -1.29. The van der Waals surface area contributed by atoms with Gasteiger partial charge in [-0.25, -0.2) is 0 Å². The Morgan fingerprint density at radius 1 is 1.07 bits per heavy atom. The first-order valence-corrected chi connectivity index (χ1v) is 8.99. The molecule has 0 saturated carbocycles. The van der Waals surface area contributed by atoms with Crippen LogP contribution in [0.1, 0.15) is 22.0 Å². The fourth-order valence-electron chi connectivity index (χ4n) is 2.59. The quantitative estimate of drug-likeness (QED) is 0.486. The van der Waals surface area contributed by atoms with Gasteiger partial charge in [0.15, 0.2) is 11.8 Å². The molecular weight excluding hydrogens is 410 g/mol. The van der Waals surface area contributed by atoms with Crippen molar-refractivity contribution in [2.75, 3.05) is 0 Å². The summed E-state index contributed by atoms with van der Waals surface area (Å²) in [6, 6.07) is 13.4. The van der Waals surface area contributed by atoms with Crippen molar-refractivity contribution in [3.8, 4) is 0 Å². The SMILES string of the molecule is O=C(NCc1cccnc1)C(C(=O)c1ccc(Br)cc1)n1ccccc1=O. The van der Waals surface area contributed by atoms with Gasteiger partial charge in [0.05, 0.1) is 0 Å². The molecule has 6 nitrogen and oxygen atoms in total. The minimum absolute atomic E-state index is 0.207. The summed E-state index contributed by atoms with van der Waals surface area (Å²) in [5, 5.41) is 2.72. The van der Waals surface area contributed by atoms with E-state index in [-0.39, 0.29) is 6.54 Å². The van der Waals surface area contributed by atoms with Gasteiger partial charge in [0, 0.05) is 41.2 Å². The van der Waals surface area contributed by atoms with E-state index in [9.17, 15) is 14.4 Å². The van der Waals surface area contributed by atoms with Crippen molar-refractivity contribution in [3.63, 3.8) is 0 Å². The third kappa shape index (κ3) is 4.57. The lowest BCUT2D eigenvalue weighted by Gasteiger charge is -2.18. The summed E-state index contributed by atoms with van der Waals surface area (Å²) in [6.45, 7) is 0.207. The number of ketones is 1. The first-order valence-electron chi connectivity index (χ1n) is 8.20. The van der Waals surface area contributed by atoms with Crippen LogP contribution in [0.15, 0.2) is 82.5 Å². The van der Waals surface area contributed by atoms with Crippen molar-refractivity contribution in [1.29, 1.82) is 0 Å². The lowest BCUT2D eigenvalue weighted by atomic mass is 10.0. The van der Waals surface area contributed by atoms with Crippen molar-refractivity contribution in [3.05, 3.63) is 99.1 Å². The minimum Gasteiger partial charge on any atom is -0.350 e. The second kappa shape index (κ2) is 8.55. The molecule has 1 unspecified atom stereocenters. The van der Waals surface area contributed by atoms with E-state index in [2.05, 4.69) is 26.2 Å². The molecule has 0 saturated heterocycles. The van der Waals surface area contributed by atoms with Crippen molar-refractivity contribution in [2.45, 2.75) is 12.6 Å². The maximum Gasteiger partial charge on any atom is 0.251 e. The van der Waals surface area contributed by atoms with Crippen LogP contribution in [0, 0.1) is 0 Å². The van der Waals surface area contributed by atoms with Gasteiger partial charge in [0.25, 0.3) is 11.5 Å². The predicted molar refractivity (Wildman–Crippen MR) is 104 cm³/mol. The highest BCUT2D eigenvalue weighted by Crippen LogP contribution is 2.17. The van der Waals surface area contributed by atoms with Crippen LogP contribution in [0.3, 0.4) is 0 Å². The number of Topliss-reactive ketones (excluding diaryl/α,β-unsaturated/α-hetero) is 1. The fraction of sp³-hybridized carbons (Fsp3) is 0.100.